The third-order valence-electron chi connectivity index (χ3n) is 2.25. The fourth-order valence-electron chi connectivity index (χ4n) is 1.54. The summed E-state index contributed by atoms with van der Waals surface area (Å²) in [5.74, 6) is -1.63. The van der Waals surface area contributed by atoms with E-state index < -0.39 is 11.8 Å². The van der Waals surface area contributed by atoms with Crippen molar-refractivity contribution in [2.45, 2.75) is 0 Å². The fourth-order valence-corrected chi connectivity index (χ4v) is 1.78. The van der Waals surface area contributed by atoms with Gasteiger partial charge in [0.05, 0.1) is 0 Å². The summed E-state index contributed by atoms with van der Waals surface area (Å²) >= 11 is 5.73. The van der Waals surface area contributed by atoms with Crippen molar-refractivity contribution in [3.05, 3.63) is 53.1 Å². The fraction of sp³-hybridized carbons (Fsp3) is 0. The van der Waals surface area contributed by atoms with E-state index in [-0.39, 0.29) is 10.7 Å². The van der Waals surface area contributed by atoms with Crippen molar-refractivity contribution in [2.24, 2.45) is 0 Å². The molecule has 17 heavy (non-hydrogen) atoms. The van der Waals surface area contributed by atoms with Crippen molar-refractivity contribution < 1.29 is 14.3 Å². The summed E-state index contributed by atoms with van der Waals surface area (Å²) in [7, 11) is 0. The highest BCUT2D eigenvalue weighted by molar-refractivity contribution is 6.33. The lowest BCUT2D eigenvalue weighted by Gasteiger charge is -2.07. The Hall–Kier alpha value is -1.94. The topological polar surface area (TPSA) is 50.2 Å². The van der Waals surface area contributed by atoms with Crippen LogP contribution in [0.3, 0.4) is 0 Å². The molecule has 0 aliphatic heterocycles. The van der Waals surface area contributed by atoms with E-state index in [1.165, 1.54) is 30.5 Å². The molecule has 1 aromatic heterocycles. The van der Waals surface area contributed by atoms with Gasteiger partial charge in [0.1, 0.15) is 16.5 Å². The SMILES string of the molecule is O=C(O)c1c(-c2cccc(F)c2)ccnc1Cl. The Morgan fingerprint density at radius 3 is 2.76 bits per heavy atom. The third-order valence-corrected chi connectivity index (χ3v) is 2.54. The second-order valence-corrected chi connectivity index (χ2v) is 3.70. The van der Waals surface area contributed by atoms with Crippen LogP contribution in [0.15, 0.2) is 36.5 Å². The molecular weight excluding hydrogens is 245 g/mol. The highest BCUT2D eigenvalue weighted by atomic mass is 35.5. The molecule has 0 saturated heterocycles. The molecule has 0 saturated carbocycles. The zero-order valence-corrected chi connectivity index (χ0v) is 9.28. The number of hydrogen-bond acceptors (Lipinski definition) is 2. The highest BCUT2D eigenvalue weighted by Gasteiger charge is 2.16. The quantitative estimate of drug-likeness (QED) is 0.834. The number of pyridine rings is 1. The van der Waals surface area contributed by atoms with Crippen LogP contribution in [0, 0.1) is 5.82 Å². The first-order valence-electron chi connectivity index (χ1n) is 4.73. The molecule has 0 bridgehead atoms. The average Bonchev–Trinajstić information content (AvgIpc) is 2.28. The average molecular weight is 252 g/mol. The van der Waals surface area contributed by atoms with Gasteiger partial charge in [-0.05, 0) is 23.8 Å². The molecule has 1 aromatic carbocycles. The van der Waals surface area contributed by atoms with Crippen molar-refractivity contribution in [1.82, 2.24) is 4.98 Å². The largest absolute Gasteiger partial charge is 0.478 e. The molecule has 3 nitrogen and oxygen atoms in total. The summed E-state index contributed by atoms with van der Waals surface area (Å²) in [4.78, 5) is 14.8. The van der Waals surface area contributed by atoms with Crippen molar-refractivity contribution in [1.29, 1.82) is 0 Å². The van der Waals surface area contributed by atoms with Gasteiger partial charge in [-0.3, -0.25) is 0 Å². The van der Waals surface area contributed by atoms with E-state index in [4.69, 9.17) is 16.7 Å². The first-order chi connectivity index (χ1) is 8.09. The number of rotatable bonds is 2. The summed E-state index contributed by atoms with van der Waals surface area (Å²) in [6.07, 6.45) is 1.38. The minimum absolute atomic E-state index is 0.112. The smallest absolute Gasteiger partial charge is 0.339 e. The molecule has 5 heteroatoms. The van der Waals surface area contributed by atoms with Gasteiger partial charge in [0.25, 0.3) is 0 Å². The molecule has 0 spiro atoms. The van der Waals surface area contributed by atoms with Gasteiger partial charge in [-0.25, -0.2) is 14.2 Å². The highest BCUT2D eigenvalue weighted by Crippen LogP contribution is 2.27. The second-order valence-electron chi connectivity index (χ2n) is 3.34. The van der Waals surface area contributed by atoms with Crippen LogP contribution >= 0.6 is 11.6 Å². The van der Waals surface area contributed by atoms with Crippen LogP contribution in [0.25, 0.3) is 11.1 Å². The lowest BCUT2D eigenvalue weighted by molar-refractivity contribution is 0.0697. The van der Waals surface area contributed by atoms with Crippen molar-refractivity contribution in [3.8, 4) is 11.1 Å². The number of carboxylic acids is 1. The lowest BCUT2D eigenvalue weighted by Crippen LogP contribution is -2.02. The minimum Gasteiger partial charge on any atom is -0.478 e. The van der Waals surface area contributed by atoms with E-state index in [0.29, 0.717) is 11.1 Å². The molecule has 2 aromatic rings. The van der Waals surface area contributed by atoms with Gasteiger partial charge in [0.2, 0.25) is 0 Å². The van der Waals surface area contributed by atoms with Gasteiger partial charge < -0.3 is 5.11 Å². The first kappa shape index (κ1) is 11.5. The van der Waals surface area contributed by atoms with Gasteiger partial charge in [-0.15, -0.1) is 0 Å². The van der Waals surface area contributed by atoms with Gasteiger partial charge in [-0.1, -0.05) is 23.7 Å². The number of aromatic nitrogens is 1. The molecule has 2 rings (SSSR count). The molecule has 86 valence electrons. The van der Waals surface area contributed by atoms with Gasteiger partial charge in [0.15, 0.2) is 0 Å². The molecule has 0 atom stereocenters. The van der Waals surface area contributed by atoms with Crippen LogP contribution in [-0.4, -0.2) is 16.1 Å². The zero-order chi connectivity index (χ0) is 12.4. The summed E-state index contributed by atoms with van der Waals surface area (Å²) in [6, 6.07) is 7.14. The molecule has 0 aliphatic carbocycles. The lowest BCUT2D eigenvalue weighted by atomic mass is 10.0. The summed E-state index contributed by atoms with van der Waals surface area (Å²) in [6.45, 7) is 0. The maximum Gasteiger partial charge on any atom is 0.339 e. The number of halogens is 2. The number of nitrogens with zero attached hydrogens (tertiary/aromatic N) is 1. The Bertz CT molecular complexity index is 586. The van der Waals surface area contributed by atoms with Crippen LogP contribution in [0.2, 0.25) is 5.15 Å². The van der Waals surface area contributed by atoms with Crippen LogP contribution in [-0.2, 0) is 0 Å². The zero-order valence-electron chi connectivity index (χ0n) is 8.52. The van der Waals surface area contributed by atoms with Crippen LogP contribution in [0.1, 0.15) is 10.4 Å². The van der Waals surface area contributed by atoms with Crippen molar-refractivity contribution in [3.63, 3.8) is 0 Å². The Labute approximate surface area is 101 Å². The summed E-state index contributed by atoms with van der Waals surface area (Å²) < 4.78 is 13.1. The second kappa shape index (κ2) is 4.51. The van der Waals surface area contributed by atoms with E-state index in [1.54, 1.807) is 6.07 Å². The van der Waals surface area contributed by atoms with Gasteiger partial charge in [-0.2, -0.15) is 0 Å². The van der Waals surface area contributed by atoms with Gasteiger partial charge in [0, 0.05) is 11.8 Å². The molecule has 0 fully saturated rings. The van der Waals surface area contributed by atoms with E-state index in [1.807, 2.05) is 0 Å². The summed E-state index contributed by atoms with van der Waals surface area (Å²) in [5, 5.41) is 8.95. The van der Waals surface area contributed by atoms with Crippen LogP contribution in [0.4, 0.5) is 4.39 Å². The van der Waals surface area contributed by atoms with E-state index >= 15 is 0 Å². The normalized spacial score (nSPS) is 10.2. The Morgan fingerprint density at radius 2 is 2.12 bits per heavy atom. The molecule has 1 N–H and O–H groups in total. The molecule has 0 radical (unpaired) electrons. The van der Waals surface area contributed by atoms with Gasteiger partial charge >= 0.3 is 5.97 Å². The molecule has 1 heterocycles. The standard InChI is InChI=1S/C12H7ClFNO2/c13-11-10(12(16)17)9(4-5-15-11)7-2-1-3-8(14)6-7/h1-6H,(H,16,17). The molecule has 0 unspecified atom stereocenters. The van der Waals surface area contributed by atoms with Crippen LogP contribution in [0.5, 0.6) is 0 Å². The van der Waals surface area contributed by atoms with Crippen molar-refractivity contribution in [2.75, 3.05) is 0 Å². The molecular formula is C12H7ClFNO2. The molecule has 0 amide bonds. The number of benzene rings is 1. The van der Waals surface area contributed by atoms with E-state index in [0.717, 1.165) is 0 Å². The predicted molar refractivity (Wildman–Crippen MR) is 61.6 cm³/mol. The van der Waals surface area contributed by atoms with Crippen LogP contribution < -0.4 is 0 Å². The maximum absolute atomic E-state index is 13.1. The Morgan fingerprint density at radius 1 is 1.35 bits per heavy atom. The maximum atomic E-state index is 13.1. The Kier molecular flexibility index (Phi) is 3.06. The number of carboxylic acid groups (broad SMARTS) is 1. The number of carbonyl (C=O) groups is 1. The minimum atomic E-state index is -1.19. The number of hydrogen-bond donors (Lipinski definition) is 1. The summed E-state index contributed by atoms with van der Waals surface area (Å²) in [5.41, 5.74) is 0.670. The first-order valence-corrected chi connectivity index (χ1v) is 5.11. The van der Waals surface area contributed by atoms with Crippen molar-refractivity contribution >= 4 is 17.6 Å². The monoisotopic (exact) mass is 251 g/mol. The predicted octanol–water partition coefficient (Wildman–Crippen LogP) is 3.24. The van der Waals surface area contributed by atoms with E-state index in [9.17, 15) is 9.18 Å². The number of aromatic carboxylic acids is 1. The molecule has 0 aliphatic rings. The third kappa shape index (κ3) is 2.26. The van der Waals surface area contributed by atoms with E-state index in [2.05, 4.69) is 4.98 Å². The Balaban J connectivity index is 2.67.